The summed E-state index contributed by atoms with van der Waals surface area (Å²) in [5, 5.41) is 20.6. The van der Waals surface area contributed by atoms with Crippen molar-refractivity contribution >= 4 is 44.1 Å². The summed E-state index contributed by atoms with van der Waals surface area (Å²) >= 11 is 0.0274. The van der Waals surface area contributed by atoms with E-state index in [2.05, 4.69) is 5.32 Å². The van der Waals surface area contributed by atoms with Crippen molar-refractivity contribution in [2.45, 2.75) is 36.1 Å². The van der Waals surface area contributed by atoms with Gasteiger partial charge < -0.3 is 0 Å². The molecule has 1 amide bonds. The fourth-order valence-corrected chi connectivity index (χ4v) is 7.73. The van der Waals surface area contributed by atoms with Gasteiger partial charge in [0, 0.05) is 0 Å². The molecule has 0 aromatic carbocycles. The summed E-state index contributed by atoms with van der Waals surface area (Å²) in [6.45, 7) is 1.65. The fourth-order valence-electron chi connectivity index (χ4n) is 0.780. The number of carboxylic acid groups (broad SMARTS) is 2. The standard InChI is InChI=1S/C9H16N2O5Se2/c1-2-7(12)11-6(9(15)16)4-18-17-3-5(10)8(13)14/h5-6H,2-4,10H2,1H3,(H,11,12)(H,13,14)(H,15,16)/t5-,6-/m0/s1. The quantitative estimate of drug-likeness (QED) is 0.281. The molecule has 0 aliphatic rings. The minimum atomic E-state index is -1.06. The third-order valence-corrected chi connectivity index (χ3v) is 8.99. The summed E-state index contributed by atoms with van der Waals surface area (Å²) in [5.41, 5.74) is 5.34. The first-order valence-electron chi connectivity index (χ1n) is 5.13. The molecule has 0 aliphatic heterocycles. The summed E-state index contributed by atoms with van der Waals surface area (Å²) in [4.78, 5) is 32.4. The van der Waals surface area contributed by atoms with Crippen LogP contribution in [0.25, 0.3) is 0 Å². The number of hydrogen-bond acceptors (Lipinski definition) is 4. The topological polar surface area (TPSA) is 130 Å². The van der Waals surface area contributed by atoms with E-state index in [0.29, 0.717) is 10.6 Å². The van der Waals surface area contributed by atoms with E-state index in [1.807, 2.05) is 0 Å². The second-order valence-corrected chi connectivity index (χ2v) is 10.9. The van der Waals surface area contributed by atoms with Crippen molar-refractivity contribution in [3.63, 3.8) is 0 Å². The van der Waals surface area contributed by atoms with Gasteiger partial charge in [-0.15, -0.1) is 0 Å². The van der Waals surface area contributed by atoms with Gasteiger partial charge in [0.1, 0.15) is 0 Å². The molecule has 0 rings (SSSR count). The van der Waals surface area contributed by atoms with Crippen molar-refractivity contribution in [1.29, 1.82) is 0 Å². The average molecular weight is 390 g/mol. The second-order valence-electron chi connectivity index (χ2n) is 3.33. The monoisotopic (exact) mass is 392 g/mol. The number of nitrogens with one attached hydrogen (secondary N) is 1. The maximum atomic E-state index is 11.1. The van der Waals surface area contributed by atoms with Crippen LogP contribution >= 0.6 is 0 Å². The summed E-state index contributed by atoms with van der Waals surface area (Å²) < 4.78 is 0. The van der Waals surface area contributed by atoms with E-state index in [0.717, 1.165) is 0 Å². The maximum absolute atomic E-state index is 11.1. The van der Waals surface area contributed by atoms with Gasteiger partial charge in [-0.05, 0) is 0 Å². The number of carboxylic acids is 2. The van der Waals surface area contributed by atoms with E-state index < -0.39 is 24.0 Å². The Morgan fingerprint density at radius 3 is 2.17 bits per heavy atom. The first kappa shape index (κ1) is 17.4. The molecule has 0 saturated heterocycles. The van der Waals surface area contributed by atoms with Crippen LogP contribution in [0.2, 0.25) is 10.6 Å². The van der Waals surface area contributed by atoms with Crippen molar-refractivity contribution in [3.8, 4) is 0 Å². The number of carbonyl (C=O) groups excluding carboxylic acids is 1. The van der Waals surface area contributed by atoms with Gasteiger partial charge in [0.2, 0.25) is 0 Å². The number of aliphatic carboxylic acids is 2. The molecule has 0 bridgehead atoms. The molecule has 0 aromatic heterocycles. The molecule has 18 heavy (non-hydrogen) atoms. The van der Waals surface area contributed by atoms with Crippen LogP contribution in [0, 0.1) is 0 Å². The number of rotatable bonds is 9. The zero-order valence-electron chi connectivity index (χ0n) is 9.79. The molecule has 0 aliphatic carbocycles. The first-order chi connectivity index (χ1) is 8.38. The van der Waals surface area contributed by atoms with Gasteiger partial charge in [-0.25, -0.2) is 0 Å². The predicted octanol–water partition coefficient (Wildman–Crippen LogP) is -1.46. The van der Waals surface area contributed by atoms with Crippen molar-refractivity contribution in [2.24, 2.45) is 5.73 Å². The molecule has 2 atom stereocenters. The number of nitrogens with two attached hydrogens (primary N) is 1. The molecular weight excluding hydrogens is 374 g/mol. The summed E-state index contributed by atoms with van der Waals surface area (Å²) in [6, 6.07) is -1.75. The Kier molecular flexibility index (Phi) is 9.05. The molecule has 0 fully saturated rings. The van der Waals surface area contributed by atoms with Gasteiger partial charge in [0.15, 0.2) is 0 Å². The Labute approximate surface area is 116 Å². The predicted molar refractivity (Wildman–Crippen MR) is 66.6 cm³/mol. The van der Waals surface area contributed by atoms with Gasteiger partial charge in [0.25, 0.3) is 0 Å². The van der Waals surface area contributed by atoms with Crippen LogP contribution in [0.15, 0.2) is 0 Å². The van der Waals surface area contributed by atoms with Crippen LogP contribution in [0.4, 0.5) is 0 Å². The van der Waals surface area contributed by atoms with Crippen LogP contribution in [0.3, 0.4) is 0 Å². The van der Waals surface area contributed by atoms with Crippen LogP contribution in [0.1, 0.15) is 13.3 Å². The number of hydrogen-bond donors (Lipinski definition) is 4. The Hall–Kier alpha value is -0.591. The van der Waals surface area contributed by atoms with E-state index in [1.54, 1.807) is 6.92 Å². The minimum absolute atomic E-state index is 0.00412. The number of amides is 1. The molecule has 5 N–H and O–H groups in total. The summed E-state index contributed by atoms with van der Waals surface area (Å²) in [5.74, 6) is -2.40. The molecule has 0 heterocycles. The molecular formula is C9H16N2O5Se2. The molecule has 9 heteroatoms. The van der Waals surface area contributed by atoms with E-state index in [9.17, 15) is 14.4 Å². The van der Waals surface area contributed by atoms with E-state index in [1.165, 1.54) is 0 Å². The Balaban J connectivity index is 3.95. The van der Waals surface area contributed by atoms with Gasteiger partial charge in [0.05, 0.1) is 0 Å². The van der Waals surface area contributed by atoms with Crippen LogP contribution in [0.5, 0.6) is 0 Å². The van der Waals surface area contributed by atoms with Crippen LogP contribution in [-0.4, -0.2) is 66.4 Å². The van der Waals surface area contributed by atoms with Gasteiger partial charge in [-0.3, -0.25) is 0 Å². The molecule has 0 saturated carbocycles. The summed E-state index contributed by atoms with van der Waals surface area (Å²) in [6.07, 6.45) is 0.242. The normalized spacial score (nSPS) is 13.7. The van der Waals surface area contributed by atoms with Gasteiger partial charge in [-0.2, -0.15) is 0 Å². The van der Waals surface area contributed by atoms with Gasteiger partial charge >= 0.3 is 116 Å². The SMILES string of the molecule is CCC(=O)N[C@@H](C[Se][Se]C[C@H](N)C(=O)O)C(=O)O. The van der Waals surface area contributed by atoms with E-state index in [-0.39, 0.29) is 38.6 Å². The Bertz CT molecular complexity index is 313. The number of carbonyl (C=O) groups is 3. The molecule has 7 nitrogen and oxygen atoms in total. The average Bonchev–Trinajstić information content (AvgIpc) is 2.31. The van der Waals surface area contributed by atoms with Crippen molar-refractivity contribution in [2.75, 3.05) is 0 Å². The Morgan fingerprint density at radius 2 is 1.72 bits per heavy atom. The zero-order chi connectivity index (χ0) is 14.1. The molecule has 104 valence electrons. The second kappa shape index (κ2) is 9.35. The third kappa shape index (κ3) is 7.68. The fraction of sp³-hybridized carbons (Fsp3) is 0.667. The first-order valence-corrected chi connectivity index (χ1v) is 11.9. The zero-order valence-corrected chi connectivity index (χ0v) is 13.2. The third-order valence-electron chi connectivity index (χ3n) is 1.84. The van der Waals surface area contributed by atoms with Crippen LogP contribution < -0.4 is 11.1 Å². The molecule has 0 spiro atoms. The van der Waals surface area contributed by atoms with Crippen molar-refractivity contribution in [3.05, 3.63) is 0 Å². The molecule has 0 radical (unpaired) electrons. The summed E-state index contributed by atoms with van der Waals surface area (Å²) in [7, 11) is 0. The van der Waals surface area contributed by atoms with Gasteiger partial charge in [-0.1, -0.05) is 0 Å². The van der Waals surface area contributed by atoms with E-state index >= 15 is 0 Å². The molecule has 0 aromatic rings. The Morgan fingerprint density at radius 1 is 1.17 bits per heavy atom. The van der Waals surface area contributed by atoms with Crippen LogP contribution in [-0.2, 0) is 14.4 Å². The molecule has 0 unspecified atom stereocenters. The van der Waals surface area contributed by atoms with E-state index in [4.69, 9.17) is 15.9 Å². The van der Waals surface area contributed by atoms with Crippen molar-refractivity contribution < 1.29 is 24.6 Å². The van der Waals surface area contributed by atoms with Crippen molar-refractivity contribution in [1.82, 2.24) is 5.32 Å².